The smallest absolute Gasteiger partial charge is 0.0410 e. The van der Waals surface area contributed by atoms with Gasteiger partial charge in [0.15, 0.2) is 0 Å². The van der Waals surface area contributed by atoms with E-state index in [0.717, 1.165) is 21.8 Å². The fraction of sp³-hybridized carbons (Fsp3) is 0.267. The topological polar surface area (TPSA) is 12.9 Å². The number of halogens is 3. The van der Waals surface area contributed by atoms with Gasteiger partial charge in [0.25, 0.3) is 0 Å². The fourth-order valence-electron chi connectivity index (χ4n) is 2.04. The molecule has 1 aromatic carbocycles. The van der Waals surface area contributed by atoms with Crippen LogP contribution in [0, 0.1) is 5.92 Å². The van der Waals surface area contributed by atoms with Crippen molar-refractivity contribution in [3.63, 3.8) is 0 Å². The van der Waals surface area contributed by atoms with Crippen LogP contribution in [-0.4, -0.2) is 10.9 Å². The lowest BCUT2D eigenvalue weighted by molar-refractivity contribution is 0.582. The number of rotatable bonds is 5. The Balaban J connectivity index is 2.02. The van der Waals surface area contributed by atoms with Crippen LogP contribution in [0.3, 0.4) is 0 Å². The summed E-state index contributed by atoms with van der Waals surface area (Å²) in [6.07, 6.45) is 5.65. The van der Waals surface area contributed by atoms with Gasteiger partial charge in [0.2, 0.25) is 0 Å². The highest BCUT2D eigenvalue weighted by Crippen LogP contribution is 2.19. The third kappa shape index (κ3) is 4.90. The molecule has 1 heterocycles. The zero-order valence-corrected chi connectivity index (χ0v) is 14.2. The minimum atomic E-state index is 0.430. The molecular formula is C15H14Br2ClN. The SMILES string of the molecule is ClCC(Cc1ccc(Br)cc1)Cc1cncc(Br)c1. The number of hydrogen-bond donors (Lipinski definition) is 0. The summed E-state index contributed by atoms with van der Waals surface area (Å²) in [6.45, 7) is 0. The summed E-state index contributed by atoms with van der Waals surface area (Å²) in [4.78, 5) is 4.19. The Bertz CT molecular complexity index is 528. The molecule has 100 valence electrons. The molecule has 4 heteroatoms. The van der Waals surface area contributed by atoms with E-state index in [0.29, 0.717) is 11.8 Å². The van der Waals surface area contributed by atoms with Crippen LogP contribution in [0.15, 0.2) is 51.7 Å². The number of pyridine rings is 1. The van der Waals surface area contributed by atoms with Crippen molar-refractivity contribution in [3.05, 3.63) is 62.8 Å². The van der Waals surface area contributed by atoms with E-state index in [1.807, 2.05) is 6.20 Å². The molecule has 1 aromatic heterocycles. The van der Waals surface area contributed by atoms with E-state index >= 15 is 0 Å². The molecule has 0 amide bonds. The van der Waals surface area contributed by atoms with Gasteiger partial charge in [-0.2, -0.15) is 0 Å². The van der Waals surface area contributed by atoms with E-state index < -0.39 is 0 Å². The second kappa shape index (κ2) is 7.41. The molecule has 0 radical (unpaired) electrons. The molecule has 19 heavy (non-hydrogen) atoms. The van der Waals surface area contributed by atoms with E-state index in [1.165, 1.54) is 11.1 Å². The van der Waals surface area contributed by atoms with Gasteiger partial charge in [0.1, 0.15) is 0 Å². The second-order valence-electron chi connectivity index (χ2n) is 4.57. The first-order valence-electron chi connectivity index (χ1n) is 6.07. The summed E-state index contributed by atoms with van der Waals surface area (Å²) in [5.41, 5.74) is 2.54. The average Bonchev–Trinajstić information content (AvgIpc) is 2.40. The predicted molar refractivity (Wildman–Crippen MR) is 87.7 cm³/mol. The van der Waals surface area contributed by atoms with Crippen LogP contribution in [0.4, 0.5) is 0 Å². The van der Waals surface area contributed by atoms with Crippen LogP contribution in [0.2, 0.25) is 0 Å². The van der Waals surface area contributed by atoms with E-state index in [1.54, 1.807) is 6.20 Å². The third-order valence-corrected chi connectivity index (χ3v) is 4.34. The molecule has 0 N–H and O–H groups in total. The Morgan fingerprint density at radius 1 is 0.947 bits per heavy atom. The highest BCUT2D eigenvalue weighted by Gasteiger charge is 2.10. The minimum Gasteiger partial charge on any atom is -0.263 e. The first-order chi connectivity index (χ1) is 9.17. The van der Waals surface area contributed by atoms with Crippen molar-refractivity contribution < 1.29 is 0 Å². The van der Waals surface area contributed by atoms with Gasteiger partial charge in [0.05, 0.1) is 0 Å². The van der Waals surface area contributed by atoms with E-state index in [4.69, 9.17) is 11.6 Å². The van der Waals surface area contributed by atoms with Gasteiger partial charge >= 0.3 is 0 Å². The maximum atomic E-state index is 6.10. The molecule has 1 nitrogen and oxygen atoms in total. The Kier molecular flexibility index (Phi) is 5.86. The van der Waals surface area contributed by atoms with Crippen LogP contribution in [0.1, 0.15) is 11.1 Å². The summed E-state index contributed by atoms with van der Waals surface area (Å²) in [5, 5.41) is 0. The summed E-state index contributed by atoms with van der Waals surface area (Å²) in [5.74, 6) is 1.08. The molecular weight excluding hydrogens is 389 g/mol. The van der Waals surface area contributed by atoms with Crippen LogP contribution in [0.5, 0.6) is 0 Å². The van der Waals surface area contributed by atoms with Gasteiger partial charge < -0.3 is 0 Å². The maximum absolute atomic E-state index is 6.10. The summed E-state index contributed by atoms with van der Waals surface area (Å²) >= 11 is 13.0. The Morgan fingerprint density at radius 2 is 1.63 bits per heavy atom. The Morgan fingerprint density at radius 3 is 2.26 bits per heavy atom. The van der Waals surface area contributed by atoms with Crippen molar-refractivity contribution >= 4 is 43.5 Å². The number of nitrogens with zero attached hydrogens (tertiary/aromatic N) is 1. The summed E-state index contributed by atoms with van der Waals surface area (Å²) in [6, 6.07) is 10.5. The van der Waals surface area contributed by atoms with Crippen molar-refractivity contribution in [1.29, 1.82) is 0 Å². The van der Waals surface area contributed by atoms with Crippen LogP contribution < -0.4 is 0 Å². The standard InChI is InChI=1S/C15H14Br2ClN/c16-14-3-1-11(2-4-14)5-12(8-18)6-13-7-15(17)10-19-9-13/h1-4,7,9-10,12H,5-6,8H2. The molecule has 2 aromatic rings. The summed E-state index contributed by atoms with van der Waals surface area (Å²) in [7, 11) is 0. The van der Waals surface area contributed by atoms with Crippen molar-refractivity contribution in [3.8, 4) is 0 Å². The number of benzene rings is 1. The molecule has 1 atom stereocenters. The number of alkyl halides is 1. The summed E-state index contributed by atoms with van der Waals surface area (Å²) < 4.78 is 2.12. The lowest BCUT2D eigenvalue weighted by Gasteiger charge is -2.14. The van der Waals surface area contributed by atoms with E-state index in [9.17, 15) is 0 Å². The highest BCUT2D eigenvalue weighted by atomic mass is 79.9. The zero-order chi connectivity index (χ0) is 13.7. The largest absolute Gasteiger partial charge is 0.263 e. The van der Waals surface area contributed by atoms with Gasteiger partial charge in [-0.25, -0.2) is 0 Å². The first-order valence-corrected chi connectivity index (χ1v) is 8.19. The van der Waals surface area contributed by atoms with Gasteiger partial charge in [-0.3, -0.25) is 4.98 Å². The van der Waals surface area contributed by atoms with Crippen molar-refractivity contribution in [2.75, 3.05) is 5.88 Å². The van der Waals surface area contributed by atoms with Crippen LogP contribution in [-0.2, 0) is 12.8 Å². The van der Waals surface area contributed by atoms with Crippen molar-refractivity contribution in [1.82, 2.24) is 4.98 Å². The van der Waals surface area contributed by atoms with Gasteiger partial charge in [0, 0.05) is 27.2 Å². The molecule has 1 unspecified atom stereocenters. The molecule has 2 rings (SSSR count). The quantitative estimate of drug-likeness (QED) is 0.622. The van der Waals surface area contributed by atoms with Gasteiger partial charge in [-0.1, -0.05) is 28.1 Å². The average molecular weight is 404 g/mol. The molecule has 0 bridgehead atoms. The van der Waals surface area contributed by atoms with Crippen molar-refractivity contribution in [2.24, 2.45) is 5.92 Å². The predicted octanol–water partition coefficient (Wildman–Crippen LogP) is 5.25. The minimum absolute atomic E-state index is 0.430. The lowest BCUT2D eigenvalue weighted by Crippen LogP contribution is -2.10. The normalized spacial score (nSPS) is 12.4. The zero-order valence-electron chi connectivity index (χ0n) is 10.3. The first kappa shape index (κ1) is 15.0. The fourth-order valence-corrected chi connectivity index (χ4v) is 2.93. The third-order valence-electron chi connectivity index (χ3n) is 2.94. The highest BCUT2D eigenvalue weighted by molar-refractivity contribution is 9.10. The van der Waals surface area contributed by atoms with Crippen LogP contribution >= 0.6 is 43.5 Å². The van der Waals surface area contributed by atoms with E-state index in [-0.39, 0.29) is 0 Å². The number of hydrogen-bond acceptors (Lipinski definition) is 1. The molecule has 0 spiro atoms. The van der Waals surface area contributed by atoms with E-state index in [2.05, 4.69) is 67.2 Å². The molecule has 0 aliphatic rings. The van der Waals surface area contributed by atoms with Gasteiger partial charge in [-0.15, -0.1) is 11.6 Å². The Hall–Kier alpha value is -0.380. The molecule has 0 saturated heterocycles. The second-order valence-corrected chi connectivity index (χ2v) is 6.71. The Labute approximate surface area is 135 Å². The molecule has 0 aliphatic heterocycles. The lowest BCUT2D eigenvalue weighted by atomic mass is 9.95. The maximum Gasteiger partial charge on any atom is 0.0410 e. The molecule has 0 aliphatic carbocycles. The monoisotopic (exact) mass is 401 g/mol. The van der Waals surface area contributed by atoms with Gasteiger partial charge in [-0.05, 0) is 64.0 Å². The van der Waals surface area contributed by atoms with Crippen LogP contribution in [0.25, 0.3) is 0 Å². The molecule has 0 saturated carbocycles. The molecule has 0 fully saturated rings. The number of aromatic nitrogens is 1. The van der Waals surface area contributed by atoms with Crippen molar-refractivity contribution in [2.45, 2.75) is 12.8 Å².